The van der Waals surface area contributed by atoms with E-state index in [1.165, 1.54) is 12.3 Å². The van der Waals surface area contributed by atoms with Gasteiger partial charge in [0.2, 0.25) is 0 Å². The summed E-state index contributed by atoms with van der Waals surface area (Å²) >= 11 is 3.32. The lowest BCUT2D eigenvalue weighted by atomic mass is 10.1. The van der Waals surface area contributed by atoms with Gasteiger partial charge in [0.05, 0.1) is 17.5 Å². The first-order chi connectivity index (χ1) is 13.5. The number of nitrogens with one attached hydrogen (secondary N) is 2. The molecule has 0 aromatic heterocycles. The van der Waals surface area contributed by atoms with Crippen LogP contribution in [0, 0.1) is 0 Å². The minimum atomic E-state index is -0.488. The number of carbonyl (C=O) groups is 2. The van der Waals surface area contributed by atoms with Gasteiger partial charge in [-0.1, -0.05) is 40.2 Å². The maximum atomic E-state index is 12.5. The summed E-state index contributed by atoms with van der Waals surface area (Å²) in [5.41, 5.74) is 3.97. The molecule has 3 aromatic rings. The summed E-state index contributed by atoms with van der Waals surface area (Å²) in [5.74, 6) is -0.758. The summed E-state index contributed by atoms with van der Waals surface area (Å²) in [7, 11) is 0. The van der Waals surface area contributed by atoms with Crippen molar-refractivity contribution in [2.45, 2.75) is 0 Å². The summed E-state index contributed by atoms with van der Waals surface area (Å²) in [6, 6.07) is 20.1. The number of phenolic OH excluding ortho intramolecular Hbond substituents is 1. The van der Waals surface area contributed by atoms with E-state index in [2.05, 4.69) is 31.8 Å². The molecular weight excluding hydrogens is 422 g/mol. The highest BCUT2D eigenvalue weighted by Crippen LogP contribution is 2.18. The Balaban J connectivity index is 1.72. The molecule has 2 amide bonds. The fourth-order valence-corrected chi connectivity index (χ4v) is 2.67. The number of hydrogen-bond acceptors (Lipinski definition) is 4. The smallest absolute Gasteiger partial charge is 0.273 e. The van der Waals surface area contributed by atoms with E-state index in [1.807, 2.05) is 0 Å². The van der Waals surface area contributed by atoms with Crippen molar-refractivity contribution < 1.29 is 14.7 Å². The van der Waals surface area contributed by atoms with Gasteiger partial charge in [0, 0.05) is 15.6 Å². The quantitative estimate of drug-likeness (QED) is 0.413. The van der Waals surface area contributed by atoms with Crippen LogP contribution >= 0.6 is 15.9 Å². The average molecular weight is 438 g/mol. The SMILES string of the molecule is O=C(Nc1ccccc1C(=O)N/N=C\c1ccccc1O)c1ccc(Br)cc1. The summed E-state index contributed by atoms with van der Waals surface area (Å²) in [5, 5.41) is 16.3. The molecule has 3 N–H and O–H groups in total. The van der Waals surface area contributed by atoms with Crippen molar-refractivity contribution in [2.24, 2.45) is 5.10 Å². The van der Waals surface area contributed by atoms with Gasteiger partial charge >= 0.3 is 0 Å². The first kappa shape index (κ1) is 19.3. The van der Waals surface area contributed by atoms with Crippen molar-refractivity contribution in [3.05, 3.63) is 94.0 Å². The molecule has 7 heteroatoms. The van der Waals surface area contributed by atoms with E-state index in [0.29, 0.717) is 16.8 Å². The van der Waals surface area contributed by atoms with E-state index < -0.39 is 5.91 Å². The van der Waals surface area contributed by atoms with Crippen molar-refractivity contribution >= 4 is 39.6 Å². The first-order valence-corrected chi connectivity index (χ1v) is 9.11. The molecule has 0 saturated heterocycles. The van der Waals surface area contributed by atoms with Gasteiger partial charge < -0.3 is 10.4 Å². The maximum Gasteiger partial charge on any atom is 0.273 e. The molecule has 0 aliphatic carbocycles. The topological polar surface area (TPSA) is 90.8 Å². The third-order valence-corrected chi connectivity index (χ3v) is 4.36. The van der Waals surface area contributed by atoms with E-state index in [1.54, 1.807) is 66.7 Å². The fraction of sp³-hybridized carbons (Fsp3) is 0. The highest BCUT2D eigenvalue weighted by molar-refractivity contribution is 9.10. The number of carbonyl (C=O) groups excluding carboxylic acids is 2. The van der Waals surface area contributed by atoms with Crippen LogP contribution in [0.3, 0.4) is 0 Å². The Morgan fingerprint density at radius 1 is 0.893 bits per heavy atom. The molecule has 140 valence electrons. The van der Waals surface area contributed by atoms with Gasteiger partial charge in [-0.2, -0.15) is 5.10 Å². The molecule has 0 spiro atoms. The van der Waals surface area contributed by atoms with Crippen molar-refractivity contribution in [3.63, 3.8) is 0 Å². The van der Waals surface area contributed by atoms with Crippen LogP contribution in [-0.4, -0.2) is 23.1 Å². The van der Waals surface area contributed by atoms with E-state index in [0.717, 1.165) is 4.47 Å². The van der Waals surface area contributed by atoms with E-state index in [4.69, 9.17) is 0 Å². The third kappa shape index (κ3) is 4.83. The third-order valence-electron chi connectivity index (χ3n) is 3.83. The highest BCUT2D eigenvalue weighted by atomic mass is 79.9. The van der Waals surface area contributed by atoms with Gasteiger partial charge in [0.25, 0.3) is 11.8 Å². The molecule has 0 unspecified atom stereocenters. The number of hydrazone groups is 1. The molecule has 0 saturated carbocycles. The monoisotopic (exact) mass is 437 g/mol. The zero-order chi connectivity index (χ0) is 19.9. The lowest BCUT2D eigenvalue weighted by Gasteiger charge is -2.10. The van der Waals surface area contributed by atoms with Crippen LogP contribution in [0.2, 0.25) is 0 Å². The number of amides is 2. The van der Waals surface area contributed by atoms with Crippen molar-refractivity contribution in [1.82, 2.24) is 5.43 Å². The zero-order valence-corrected chi connectivity index (χ0v) is 16.2. The minimum Gasteiger partial charge on any atom is -0.507 e. The molecule has 28 heavy (non-hydrogen) atoms. The Morgan fingerprint density at radius 2 is 1.57 bits per heavy atom. The van der Waals surface area contributed by atoms with Crippen LogP contribution in [0.5, 0.6) is 5.75 Å². The molecule has 3 rings (SSSR count). The second kappa shape index (κ2) is 8.96. The van der Waals surface area contributed by atoms with Crippen LogP contribution in [0.25, 0.3) is 0 Å². The maximum absolute atomic E-state index is 12.5. The molecule has 0 heterocycles. The predicted octanol–water partition coefficient (Wildman–Crippen LogP) is 4.17. The number of aromatic hydroxyl groups is 1. The number of phenols is 1. The second-order valence-corrected chi connectivity index (χ2v) is 6.68. The summed E-state index contributed by atoms with van der Waals surface area (Å²) < 4.78 is 0.867. The molecule has 0 atom stereocenters. The largest absolute Gasteiger partial charge is 0.507 e. The number of nitrogens with zero attached hydrogens (tertiary/aromatic N) is 1. The Morgan fingerprint density at radius 3 is 2.32 bits per heavy atom. The van der Waals surface area contributed by atoms with Crippen molar-refractivity contribution in [3.8, 4) is 5.75 Å². The fourth-order valence-electron chi connectivity index (χ4n) is 2.40. The van der Waals surface area contributed by atoms with Gasteiger partial charge in [0.15, 0.2) is 0 Å². The average Bonchev–Trinajstić information content (AvgIpc) is 2.70. The predicted molar refractivity (Wildman–Crippen MR) is 112 cm³/mol. The van der Waals surface area contributed by atoms with Gasteiger partial charge in [-0.25, -0.2) is 5.43 Å². The molecular formula is C21H16BrN3O3. The summed E-state index contributed by atoms with van der Waals surface area (Å²) in [6.07, 6.45) is 1.34. The Bertz CT molecular complexity index is 1030. The standard InChI is InChI=1S/C21H16BrN3O3/c22-16-11-9-14(10-12-16)20(27)24-18-7-3-2-6-17(18)21(28)25-23-13-15-5-1-4-8-19(15)26/h1-13,26H,(H,24,27)(H,25,28)/b23-13-. The highest BCUT2D eigenvalue weighted by Gasteiger charge is 2.13. The van der Waals surface area contributed by atoms with Gasteiger partial charge in [-0.05, 0) is 48.5 Å². The van der Waals surface area contributed by atoms with Crippen LogP contribution in [0.1, 0.15) is 26.3 Å². The lowest BCUT2D eigenvalue weighted by molar-refractivity contribution is 0.0956. The van der Waals surface area contributed by atoms with Crippen LogP contribution < -0.4 is 10.7 Å². The Kier molecular flexibility index (Phi) is 6.18. The number of halogens is 1. The molecule has 0 bridgehead atoms. The van der Waals surface area contributed by atoms with Crippen molar-refractivity contribution in [2.75, 3.05) is 5.32 Å². The molecule has 0 aliphatic rings. The molecule has 0 fully saturated rings. The van der Waals surface area contributed by atoms with Crippen LogP contribution in [0.4, 0.5) is 5.69 Å². The molecule has 0 radical (unpaired) electrons. The van der Waals surface area contributed by atoms with Gasteiger partial charge in [-0.15, -0.1) is 0 Å². The van der Waals surface area contributed by atoms with Crippen LogP contribution in [-0.2, 0) is 0 Å². The number of anilines is 1. The normalized spacial score (nSPS) is 10.6. The Hall–Kier alpha value is -3.45. The number of para-hydroxylation sites is 2. The second-order valence-electron chi connectivity index (χ2n) is 5.76. The number of hydrogen-bond donors (Lipinski definition) is 3. The summed E-state index contributed by atoms with van der Waals surface area (Å²) in [4.78, 5) is 24.9. The lowest BCUT2D eigenvalue weighted by Crippen LogP contribution is -2.21. The van der Waals surface area contributed by atoms with Crippen molar-refractivity contribution in [1.29, 1.82) is 0 Å². The molecule has 0 aliphatic heterocycles. The summed E-state index contributed by atoms with van der Waals surface area (Å²) in [6.45, 7) is 0. The van der Waals surface area contributed by atoms with E-state index in [-0.39, 0.29) is 17.2 Å². The molecule has 3 aromatic carbocycles. The molecule has 6 nitrogen and oxygen atoms in total. The Labute approximate surface area is 170 Å². The van der Waals surface area contributed by atoms with E-state index in [9.17, 15) is 14.7 Å². The number of rotatable bonds is 5. The first-order valence-electron chi connectivity index (χ1n) is 8.32. The van der Waals surface area contributed by atoms with Gasteiger partial charge in [-0.3, -0.25) is 9.59 Å². The van der Waals surface area contributed by atoms with Gasteiger partial charge in [0.1, 0.15) is 5.75 Å². The zero-order valence-electron chi connectivity index (χ0n) is 14.6. The number of benzene rings is 3. The van der Waals surface area contributed by atoms with Crippen LogP contribution in [0.15, 0.2) is 82.4 Å². The van der Waals surface area contributed by atoms with E-state index >= 15 is 0 Å². The minimum absolute atomic E-state index is 0.0580.